The monoisotopic (exact) mass is 261 g/mol. The Kier molecular flexibility index (Phi) is 4.59. The zero-order valence-corrected chi connectivity index (χ0v) is 11.9. The van der Waals surface area contributed by atoms with Crippen molar-refractivity contribution in [2.75, 3.05) is 13.1 Å². The number of nitrogens with zero attached hydrogens (tertiary/aromatic N) is 1. The minimum absolute atomic E-state index is 0.489. The molecule has 1 aromatic rings. The first-order valence-corrected chi connectivity index (χ1v) is 7.13. The van der Waals surface area contributed by atoms with Gasteiger partial charge in [0.2, 0.25) is 0 Å². The predicted molar refractivity (Wildman–Crippen MR) is 76.3 cm³/mol. The lowest BCUT2D eigenvalue weighted by atomic mass is 10.00. The topological polar surface area (TPSA) is 40.5 Å². The highest BCUT2D eigenvalue weighted by Gasteiger charge is 2.27. The van der Waals surface area contributed by atoms with Crippen LogP contribution in [0.1, 0.15) is 48.4 Å². The van der Waals surface area contributed by atoms with Gasteiger partial charge in [-0.2, -0.15) is 0 Å². The van der Waals surface area contributed by atoms with Crippen molar-refractivity contribution in [1.29, 1.82) is 0 Å². The number of aryl methyl sites for hydroxylation is 2. The van der Waals surface area contributed by atoms with E-state index >= 15 is 0 Å². The minimum atomic E-state index is -0.730. The molecule has 1 atom stereocenters. The van der Waals surface area contributed by atoms with Crippen LogP contribution in [0.15, 0.2) is 18.2 Å². The average Bonchev–Trinajstić information content (AvgIpc) is 2.56. The average molecular weight is 261 g/mol. The summed E-state index contributed by atoms with van der Waals surface area (Å²) in [6.45, 7) is 5.84. The molecular weight excluding hydrogens is 238 g/mol. The number of hydrogen-bond acceptors (Lipinski definition) is 2. The zero-order chi connectivity index (χ0) is 13.8. The van der Waals surface area contributed by atoms with Crippen LogP contribution in [-0.2, 0) is 4.79 Å². The molecule has 2 rings (SSSR count). The molecule has 104 valence electrons. The number of carboxylic acids is 1. The fourth-order valence-corrected chi connectivity index (χ4v) is 3.03. The van der Waals surface area contributed by atoms with Gasteiger partial charge in [0.15, 0.2) is 0 Å². The third-order valence-electron chi connectivity index (χ3n) is 3.80. The van der Waals surface area contributed by atoms with E-state index in [4.69, 9.17) is 0 Å². The van der Waals surface area contributed by atoms with Crippen molar-refractivity contribution in [1.82, 2.24) is 4.90 Å². The maximum Gasteiger partial charge on any atom is 0.325 e. The van der Waals surface area contributed by atoms with Crippen LogP contribution in [0.5, 0.6) is 0 Å². The van der Waals surface area contributed by atoms with Gasteiger partial charge in [-0.05, 0) is 45.3 Å². The fourth-order valence-electron chi connectivity index (χ4n) is 3.03. The number of aliphatic carboxylic acids is 1. The van der Waals surface area contributed by atoms with E-state index in [-0.39, 0.29) is 0 Å². The van der Waals surface area contributed by atoms with Crippen molar-refractivity contribution >= 4 is 5.97 Å². The van der Waals surface area contributed by atoms with Crippen LogP contribution < -0.4 is 0 Å². The Labute approximate surface area is 115 Å². The summed E-state index contributed by atoms with van der Waals surface area (Å²) in [6.07, 6.45) is 4.65. The quantitative estimate of drug-likeness (QED) is 0.907. The molecule has 3 heteroatoms. The molecule has 19 heavy (non-hydrogen) atoms. The molecule has 0 saturated carbocycles. The number of hydrogen-bond donors (Lipinski definition) is 1. The number of benzene rings is 1. The van der Waals surface area contributed by atoms with Crippen LogP contribution in [0, 0.1) is 13.8 Å². The number of likely N-dealkylation sites (tertiary alicyclic amines) is 1. The molecule has 0 aliphatic carbocycles. The molecule has 1 N–H and O–H groups in total. The third-order valence-corrected chi connectivity index (χ3v) is 3.80. The minimum Gasteiger partial charge on any atom is -0.480 e. The second-order valence-corrected chi connectivity index (χ2v) is 5.61. The van der Waals surface area contributed by atoms with Gasteiger partial charge in [-0.25, -0.2) is 0 Å². The third kappa shape index (κ3) is 3.57. The second kappa shape index (κ2) is 6.20. The van der Waals surface area contributed by atoms with Crippen LogP contribution in [0.25, 0.3) is 0 Å². The second-order valence-electron chi connectivity index (χ2n) is 5.61. The van der Waals surface area contributed by atoms with Gasteiger partial charge >= 0.3 is 5.97 Å². The maximum absolute atomic E-state index is 11.7. The van der Waals surface area contributed by atoms with Crippen molar-refractivity contribution in [3.63, 3.8) is 0 Å². The Bertz CT molecular complexity index is 428. The van der Waals surface area contributed by atoms with Crippen LogP contribution in [0.3, 0.4) is 0 Å². The van der Waals surface area contributed by atoms with E-state index in [1.54, 1.807) is 0 Å². The molecule has 0 radical (unpaired) electrons. The first-order chi connectivity index (χ1) is 9.08. The molecule has 1 unspecified atom stereocenters. The van der Waals surface area contributed by atoms with Gasteiger partial charge in [-0.3, -0.25) is 9.69 Å². The van der Waals surface area contributed by atoms with Crippen LogP contribution in [-0.4, -0.2) is 29.1 Å². The van der Waals surface area contributed by atoms with Crippen LogP contribution >= 0.6 is 0 Å². The Hall–Kier alpha value is -1.35. The van der Waals surface area contributed by atoms with Crippen molar-refractivity contribution in [3.8, 4) is 0 Å². The normalized spacial score (nSPS) is 18.8. The lowest BCUT2D eigenvalue weighted by Crippen LogP contribution is -2.35. The van der Waals surface area contributed by atoms with Gasteiger partial charge in [0.1, 0.15) is 6.04 Å². The van der Waals surface area contributed by atoms with Gasteiger partial charge in [0.25, 0.3) is 0 Å². The smallest absolute Gasteiger partial charge is 0.325 e. The van der Waals surface area contributed by atoms with Gasteiger partial charge in [0, 0.05) is 0 Å². The summed E-state index contributed by atoms with van der Waals surface area (Å²) in [4.78, 5) is 13.8. The summed E-state index contributed by atoms with van der Waals surface area (Å²) in [5.41, 5.74) is 3.19. The molecule has 0 amide bonds. The molecule has 1 heterocycles. The highest BCUT2D eigenvalue weighted by atomic mass is 16.4. The molecule has 1 aliphatic heterocycles. The maximum atomic E-state index is 11.7. The molecule has 1 saturated heterocycles. The summed E-state index contributed by atoms with van der Waals surface area (Å²) < 4.78 is 0. The van der Waals surface area contributed by atoms with E-state index in [2.05, 4.69) is 11.0 Å². The highest BCUT2D eigenvalue weighted by molar-refractivity contribution is 5.75. The molecule has 1 aliphatic rings. The van der Waals surface area contributed by atoms with E-state index in [1.165, 1.54) is 12.8 Å². The number of carbonyl (C=O) groups is 1. The van der Waals surface area contributed by atoms with E-state index in [0.29, 0.717) is 0 Å². The highest BCUT2D eigenvalue weighted by Crippen LogP contribution is 2.26. The van der Waals surface area contributed by atoms with Gasteiger partial charge in [-0.1, -0.05) is 42.2 Å². The lowest BCUT2D eigenvalue weighted by molar-refractivity contribution is -0.143. The van der Waals surface area contributed by atoms with Gasteiger partial charge in [0.05, 0.1) is 0 Å². The van der Waals surface area contributed by atoms with Crippen molar-refractivity contribution in [2.45, 2.75) is 45.6 Å². The van der Waals surface area contributed by atoms with Crippen molar-refractivity contribution in [2.24, 2.45) is 0 Å². The fraction of sp³-hybridized carbons (Fsp3) is 0.562. The first kappa shape index (κ1) is 14.1. The molecule has 0 aromatic heterocycles. The Balaban J connectivity index is 2.30. The number of carboxylic acid groups (broad SMARTS) is 1. The summed E-state index contributed by atoms with van der Waals surface area (Å²) in [5, 5.41) is 9.61. The summed E-state index contributed by atoms with van der Waals surface area (Å²) >= 11 is 0. The molecule has 1 fully saturated rings. The zero-order valence-electron chi connectivity index (χ0n) is 11.9. The Morgan fingerprint density at radius 1 is 1.05 bits per heavy atom. The number of rotatable bonds is 3. The predicted octanol–water partition coefficient (Wildman–Crippen LogP) is 3.31. The summed E-state index contributed by atoms with van der Waals surface area (Å²) in [5.74, 6) is -0.730. The van der Waals surface area contributed by atoms with E-state index in [1.807, 2.05) is 26.0 Å². The summed E-state index contributed by atoms with van der Waals surface area (Å²) in [7, 11) is 0. The van der Waals surface area contributed by atoms with E-state index in [0.717, 1.165) is 42.6 Å². The van der Waals surface area contributed by atoms with Gasteiger partial charge < -0.3 is 5.11 Å². The first-order valence-electron chi connectivity index (χ1n) is 7.13. The van der Waals surface area contributed by atoms with Crippen LogP contribution in [0.4, 0.5) is 0 Å². The van der Waals surface area contributed by atoms with Crippen molar-refractivity contribution in [3.05, 3.63) is 34.9 Å². The molecule has 0 spiro atoms. The van der Waals surface area contributed by atoms with Crippen molar-refractivity contribution < 1.29 is 9.90 Å². The lowest BCUT2D eigenvalue weighted by Gasteiger charge is -2.28. The van der Waals surface area contributed by atoms with Crippen LogP contribution in [0.2, 0.25) is 0 Å². The van der Waals surface area contributed by atoms with E-state index in [9.17, 15) is 9.90 Å². The Morgan fingerprint density at radius 2 is 1.58 bits per heavy atom. The molecule has 1 aromatic carbocycles. The van der Waals surface area contributed by atoms with E-state index < -0.39 is 12.0 Å². The molecular formula is C16H23NO2. The Morgan fingerprint density at radius 3 is 2.05 bits per heavy atom. The largest absolute Gasteiger partial charge is 0.480 e. The SMILES string of the molecule is Cc1cc(C)cc(C(C(=O)O)N2CCCCCC2)c1. The molecule has 0 bridgehead atoms. The van der Waals surface area contributed by atoms with Gasteiger partial charge in [-0.15, -0.1) is 0 Å². The summed E-state index contributed by atoms with van der Waals surface area (Å²) in [6, 6.07) is 5.62. The molecule has 3 nitrogen and oxygen atoms in total. The standard InChI is InChI=1S/C16H23NO2/c1-12-9-13(2)11-14(10-12)15(16(18)19)17-7-5-3-4-6-8-17/h9-11,15H,3-8H2,1-2H3,(H,18,19).